The summed E-state index contributed by atoms with van der Waals surface area (Å²) in [6.07, 6.45) is 3.11. The van der Waals surface area contributed by atoms with Crippen LogP contribution in [-0.4, -0.2) is 25.0 Å². The Morgan fingerprint density at radius 2 is 1.45 bits per heavy atom. The Bertz CT molecular complexity index is 889. The van der Waals surface area contributed by atoms with E-state index >= 15 is 0 Å². The van der Waals surface area contributed by atoms with Gasteiger partial charge in [-0.2, -0.15) is 4.73 Å². The Morgan fingerprint density at radius 1 is 0.897 bits per heavy atom. The molecule has 0 aliphatic heterocycles. The number of nitrogens with one attached hydrogen (secondary N) is 1. The molecule has 0 spiro atoms. The molecular weight excluding hydrogens is 368 g/mol. The minimum absolute atomic E-state index is 0.156. The molecule has 0 atom stereocenters. The zero-order chi connectivity index (χ0) is 20.5. The van der Waals surface area contributed by atoms with E-state index in [-0.39, 0.29) is 24.0 Å². The second-order valence-corrected chi connectivity index (χ2v) is 6.54. The summed E-state index contributed by atoms with van der Waals surface area (Å²) in [5.74, 6) is -0.858. The van der Waals surface area contributed by atoms with Gasteiger partial charge >= 0.3 is 5.97 Å². The first-order valence-corrected chi connectivity index (χ1v) is 9.36. The van der Waals surface area contributed by atoms with Crippen LogP contribution >= 0.6 is 0 Å². The van der Waals surface area contributed by atoms with Crippen molar-refractivity contribution in [3.05, 3.63) is 107 Å². The predicted octanol–water partition coefficient (Wildman–Crippen LogP) is 2.82. The Morgan fingerprint density at radius 3 is 2.00 bits per heavy atom. The molecule has 6 nitrogen and oxygen atoms in total. The van der Waals surface area contributed by atoms with E-state index in [0.29, 0.717) is 11.3 Å². The highest BCUT2D eigenvalue weighted by molar-refractivity contribution is 5.91. The van der Waals surface area contributed by atoms with Crippen LogP contribution in [0.5, 0.6) is 0 Å². The lowest BCUT2D eigenvalue weighted by Crippen LogP contribution is -2.30. The molecule has 0 saturated heterocycles. The quantitative estimate of drug-likeness (QED) is 0.364. The van der Waals surface area contributed by atoms with Crippen molar-refractivity contribution >= 4 is 11.9 Å². The highest BCUT2D eigenvalue weighted by Gasteiger charge is 2.15. The maximum Gasteiger partial charge on any atom is 0.339 e. The molecule has 0 saturated carbocycles. The number of esters is 1. The van der Waals surface area contributed by atoms with Gasteiger partial charge in [0.2, 0.25) is 0 Å². The van der Waals surface area contributed by atoms with Crippen LogP contribution in [0, 0.1) is 5.21 Å². The van der Waals surface area contributed by atoms with Gasteiger partial charge in [-0.25, -0.2) is 4.79 Å². The maximum atomic E-state index is 12.0. The molecule has 0 fully saturated rings. The van der Waals surface area contributed by atoms with E-state index in [2.05, 4.69) is 29.6 Å². The topological polar surface area (TPSA) is 82.3 Å². The van der Waals surface area contributed by atoms with Gasteiger partial charge in [0.15, 0.2) is 19.0 Å². The summed E-state index contributed by atoms with van der Waals surface area (Å²) in [4.78, 5) is 23.9. The molecule has 2 aromatic carbocycles. The molecule has 148 valence electrons. The molecule has 1 heterocycles. The van der Waals surface area contributed by atoms with E-state index in [4.69, 9.17) is 4.74 Å². The molecule has 3 rings (SSSR count). The summed E-state index contributed by atoms with van der Waals surface area (Å²) in [6, 6.07) is 23.0. The lowest BCUT2D eigenvalue weighted by atomic mass is 9.88. The summed E-state index contributed by atoms with van der Waals surface area (Å²) < 4.78 is 5.56. The number of rotatable bonds is 8. The fourth-order valence-electron chi connectivity index (χ4n) is 3.07. The zero-order valence-corrected chi connectivity index (χ0v) is 15.9. The van der Waals surface area contributed by atoms with Crippen LogP contribution in [0.25, 0.3) is 0 Å². The van der Waals surface area contributed by atoms with Gasteiger partial charge in [-0.05, 0) is 17.5 Å². The molecule has 0 aliphatic rings. The van der Waals surface area contributed by atoms with Crippen molar-refractivity contribution in [2.45, 2.75) is 12.3 Å². The average molecular weight is 390 g/mol. The minimum Gasteiger partial charge on any atom is -0.619 e. The maximum absolute atomic E-state index is 12.0. The van der Waals surface area contributed by atoms with Gasteiger partial charge in [-0.15, -0.1) is 0 Å². The number of carbonyl (C=O) groups is 2. The average Bonchev–Trinajstić information content (AvgIpc) is 2.77. The van der Waals surface area contributed by atoms with Crippen LogP contribution in [0.4, 0.5) is 0 Å². The number of nitrogens with zero attached hydrogens (tertiary/aromatic N) is 1. The summed E-state index contributed by atoms with van der Waals surface area (Å²) >= 11 is 0. The number of carbonyl (C=O) groups excluding carboxylic acids is 2. The standard InChI is InChI=1S/C23H22N2O4/c26-22(17-29-23(27)20-12-15-25(28)16-13-20)24-14-11-21(18-7-3-1-4-8-18)19-9-5-2-6-10-19/h1-10,12-13,15-16,21H,11,14,17H2,(H,24,26). The Hall–Kier alpha value is -3.67. The molecule has 6 heteroatoms. The number of hydrogen-bond acceptors (Lipinski definition) is 4. The van der Waals surface area contributed by atoms with Gasteiger partial charge in [0.25, 0.3) is 5.91 Å². The van der Waals surface area contributed by atoms with Crippen molar-refractivity contribution in [3.8, 4) is 0 Å². The number of benzene rings is 2. The van der Waals surface area contributed by atoms with E-state index < -0.39 is 5.97 Å². The highest BCUT2D eigenvalue weighted by Crippen LogP contribution is 2.27. The molecule has 1 amide bonds. The van der Waals surface area contributed by atoms with Crippen molar-refractivity contribution in [3.63, 3.8) is 0 Å². The normalized spacial score (nSPS) is 10.5. The van der Waals surface area contributed by atoms with Crippen LogP contribution in [-0.2, 0) is 9.53 Å². The van der Waals surface area contributed by atoms with Gasteiger partial charge in [0.1, 0.15) is 0 Å². The van der Waals surface area contributed by atoms with E-state index in [1.54, 1.807) is 0 Å². The zero-order valence-electron chi connectivity index (χ0n) is 15.9. The van der Waals surface area contributed by atoms with Crippen molar-refractivity contribution in [1.29, 1.82) is 0 Å². The van der Waals surface area contributed by atoms with E-state index in [0.717, 1.165) is 6.42 Å². The van der Waals surface area contributed by atoms with Crippen molar-refractivity contribution in [2.24, 2.45) is 0 Å². The Balaban J connectivity index is 1.51. The van der Waals surface area contributed by atoms with Crippen LogP contribution in [0.1, 0.15) is 33.8 Å². The molecule has 0 aliphatic carbocycles. The Labute approximate surface area is 169 Å². The molecular formula is C23H22N2O4. The number of ether oxygens (including phenoxy) is 1. The van der Waals surface area contributed by atoms with Gasteiger partial charge in [-0.1, -0.05) is 60.7 Å². The van der Waals surface area contributed by atoms with Crippen molar-refractivity contribution in [1.82, 2.24) is 5.32 Å². The number of amides is 1. The van der Waals surface area contributed by atoms with E-state index in [1.807, 2.05) is 36.4 Å². The summed E-state index contributed by atoms with van der Waals surface area (Å²) in [7, 11) is 0. The third-order valence-corrected chi connectivity index (χ3v) is 4.53. The SMILES string of the molecule is O=C(COC(=O)c1cc[n+]([O-])cc1)NCCC(c1ccccc1)c1ccccc1. The van der Waals surface area contributed by atoms with Crippen molar-refractivity contribution in [2.75, 3.05) is 13.2 Å². The molecule has 0 unspecified atom stereocenters. The molecule has 1 N–H and O–H groups in total. The number of aromatic nitrogens is 1. The third-order valence-electron chi connectivity index (χ3n) is 4.53. The van der Waals surface area contributed by atoms with E-state index in [1.165, 1.54) is 35.7 Å². The summed E-state index contributed by atoms with van der Waals surface area (Å²) in [5.41, 5.74) is 2.58. The lowest BCUT2D eigenvalue weighted by Gasteiger charge is -2.18. The summed E-state index contributed by atoms with van der Waals surface area (Å²) in [5, 5.41) is 13.8. The van der Waals surface area contributed by atoms with Gasteiger partial charge < -0.3 is 15.3 Å². The smallest absolute Gasteiger partial charge is 0.339 e. The minimum atomic E-state index is -0.646. The molecule has 1 aromatic heterocycles. The van der Waals surface area contributed by atoms with E-state index in [9.17, 15) is 14.8 Å². The van der Waals surface area contributed by atoms with Crippen molar-refractivity contribution < 1.29 is 19.1 Å². The molecule has 0 bridgehead atoms. The van der Waals surface area contributed by atoms with Gasteiger partial charge in [-0.3, -0.25) is 4.79 Å². The summed E-state index contributed by atoms with van der Waals surface area (Å²) in [6.45, 7) is 0.0821. The Kier molecular flexibility index (Phi) is 6.95. The van der Waals surface area contributed by atoms with Crippen LogP contribution in [0.15, 0.2) is 85.2 Å². The fourth-order valence-corrected chi connectivity index (χ4v) is 3.07. The first-order valence-electron chi connectivity index (χ1n) is 9.36. The monoisotopic (exact) mass is 390 g/mol. The van der Waals surface area contributed by atoms with Crippen LogP contribution in [0.3, 0.4) is 0 Å². The lowest BCUT2D eigenvalue weighted by molar-refractivity contribution is -0.605. The first-order chi connectivity index (χ1) is 14.1. The first kappa shape index (κ1) is 20.1. The van der Waals surface area contributed by atoms with Gasteiger partial charge in [0, 0.05) is 24.6 Å². The van der Waals surface area contributed by atoms with Gasteiger partial charge in [0.05, 0.1) is 5.56 Å². The predicted molar refractivity (Wildman–Crippen MR) is 108 cm³/mol. The highest BCUT2D eigenvalue weighted by atomic mass is 16.5. The number of hydrogen-bond donors (Lipinski definition) is 1. The molecule has 3 aromatic rings. The second kappa shape index (κ2) is 10.0. The molecule has 0 radical (unpaired) electrons. The van der Waals surface area contributed by atoms with Crippen LogP contribution < -0.4 is 10.0 Å². The third kappa shape index (κ3) is 5.90. The second-order valence-electron chi connectivity index (χ2n) is 6.54. The van der Waals surface area contributed by atoms with Crippen LogP contribution in [0.2, 0.25) is 0 Å². The molecule has 29 heavy (non-hydrogen) atoms. The fraction of sp³-hybridized carbons (Fsp3) is 0.174. The largest absolute Gasteiger partial charge is 0.619 e. The number of pyridine rings is 1.